The number of esters is 1. The van der Waals surface area contributed by atoms with Gasteiger partial charge in [0, 0.05) is 6.42 Å². The van der Waals surface area contributed by atoms with Crippen molar-refractivity contribution in [1.82, 2.24) is 0 Å². The highest BCUT2D eigenvalue weighted by molar-refractivity contribution is 5.69. The first kappa shape index (κ1) is 35.3. The molecule has 0 bridgehead atoms. The molecule has 236 valence electrons. The van der Waals surface area contributed by atoms with Crippen molar-refractivity contribution in [1.29, 1.82) is 0 Å². The van der Waals surface area contributed by atoms with Crippen molar-refractivity contribution in [3.05, 3.63) is 0 Å². The summed E-state index contributed by atoms with van der Waals surface area (Å²) in [5, 5.41) is 70.3. The maximum atomic E-state index is 12.2. The second-order valence-electron chi connectivity index (χ2n) is 11.1. The molecule has 2 aliphatic heterocycles. The summed E-state index contributed by atoms with van der Waals surface area (Å²) in [6, 6.07) is 0. The van der Waals surface area contributed by atoms with Crippen molar-refractivity contribution >= 4 is 5.97 Å². The fourth-order valence-electron chi connectivity index (χ4n) is 5.15. The first-order chi connectivity index (χ1) is 19.2. The van der Waals surface area contributed by atoms with Gasteiger partial charge in [-0.2, -0.15) is 0 Å². The highest BCUT2D eigenvalue weighted by Crippen LogP contribution is 2.36. The van der Waals surface area contributed by atoms with Crippen molar-refractivity contribution in [2.45, 2.75) is 152 Å². The van der Waals surface area contributed by atoms with E-state index >= 15 is 0 Å². The predicted molar refractivity (Wildman–Crippen MR) is 143 cm³/mol. The van der Waals surface area contributed by atoms with Crippen LogP contribution in [0.3, 0.4) is 0 Å². The average molecular weight is 581 g/mol. The first-order valence-electron chi connectivity index (χ1n) is 15.0. The Morgan fingerprint density at radius 3 is 1.80 bits per heavy atom. The molecule has 0 saturated carbocycles. The van der Waals surface area contributed by atoms with Crippen LogP contribution in [0.25, 0.3) is 0 Å². The maximum absolute atomic E-state index is 12.2. The zero-order valence-corrected chi connectivity index (χ0v) is 23.8. The third kappa shape index (κ3) is 10.4. The van der Waals surface area contributed by atoms with Crippen LogP contribution in [0.4, 0.5) is 0 Å². The van der Waals surface area contributed by atoms with Crippen LogP contribution in [-0.2, 0) is 23.7 Å². The van der Waals surface area contributed by atoms with Crippen molar-refractivity contribution in [2.75, 3.05) is 19.8 Å². The van der Waals surface area contributed by atoms with Crippen LogP contribution < -0.4 is 0 Å². The average Bonchev–Trinajstić information content (AvgIpc) is 3.19. The van der Waals surface area contributed by atoms with Crippen molar-refractivity contribution in [3.63, 3.8) is 0 Å². The molecule has 2 heterocycles. The van der Waals surface area contributed by atoms with Crippen LogP contribution in [0.1, 0.15) is 96.8 Å². The van der Waals surface area contributed by atoms with Crippen molar-refractivity contribution in [3.8, 4) is 0 Å². The Hall–Kier alpha value is -0.930. The van der Waals surface area contributed by atoms with Gasteiger partial charge in [0.05, 0.1) is 6.61 Å². The van der Waals surface area contributed by atoms with Crippen molar-refractivity contribution in [2.24, 2.45) is 0 Å². The van der Waals surface area contributed by atoms with Crippen LogP contribution >= 0.6 is 0 Å². The topological polar surface area (TPSA) is 196 Å². The summed E-state index contributed by atoms with van der Waals surface area (Å²) in [6.07, 6.45) is 2.77. The number of aliphatic hydroxyl groups is 7. The van der Waals surface area contributed by atoms with E-state index in [0.717, 1.165) is 19.3 Å². The van der Waals surface area contributed by atoms with E-state index in [4.69, 9.17) is 18.9 Å². The van der Waals surface area contributed by atoms with Gasteiger partial charge in [-0.3, -0.25) is 4.79 Å². The summed E-state index contributed by atoms with van der Waals surface area (Å²) < 4.78 is 21.4. The lowest BCUT2D eigenvalue weighted by molar-refractivity contribution is -0.383. The number of hydrogen-bond donors (Lipinski definition) is 7. The van der Waals surface area contributed by atoms with E-state index in [2.05, 4.69) is 6.92 Å². The number of aliphatic hydroxyl groups excluding tert-OH is 7. The molecule has 7 N–H and O–H groups in total. The largest absolute Gasteiger partial charge is 0.463 e. The Morgan fingerprint density at radius 1 is 0.725 bits per heavy atom. The number of rotatable bonds is 20. The normalized spacial score (nSPS) is 34.3. The molecule has 0 amide bonds. The predicted octanol–water partition coefficient (Wildman–Crippen LogP) is 0.637. The van der Waals surface area contributed by atoms with E-state index in [-0.39, 0.29) is 6.42 Å². The van der Waals surface area contributed by atoms with Gasteiger partial charge in [-0.1, -0.05) is 84.0 Å². The summed E-state index contributed by atoms with van der Waals surface area (Å²) in [4.78, 5) is 12.2. The van der Waals surface area contributed by atoms with Gasteiger partial charge in [0.15, 0.2) is 6.29 Å². The molecule has 0 aromatic heterocycles. The summed E-state index contributed by atoms with van der Waals surface area (Å²) in [7, 11) is 0. The van der Waals surface area contributed by atoms with Gasteiger partial charge in [0.1, 0.15) is 55.9 Å². The molecule has 0 aromatic rings. The molecule has 0 radical (unpaired) electrons. The van der Waals surface area contributed by atoms with Gasteiger partial charge in [-0.15, -0.1) is 0 Å². The molecular weight excluding hydrogens is 528 g/mol. The zero-order valence-electron chi connectivity index (χ0n) is 23.8. The van der Waals surface area contributed by atoms with Crippen LogP contribution in [-0.4, -0.2) is 116 Å². The van der Waals surface area contributed by atoms with E-state index in [0.29, 0.717) is 6.42 Å². The third-order valence-corrected chi connectivity index (χ3v) is 7.78. The minimum Gasteiger partial charge on any atom is -0.463 e. The van der Waals surface area contributed by atoms with Crippen LogP contribution in [0, 0.1) is 0 Å². The van der Waals surface area contributed by atoms with Crippen LogP contribution in [0.2, 0.25) is 0 Å². The summed E-state index contributed by atoms with van der Waals surface area (Å²) in [5.74, 6) is -2.76. The smallest absolute Gasteiger partial charge is 0.305 e. The van der Waals surface area contributed by atoms with E-state index in [1.54, 1.807) is 0 Å². The van der Waals surface area contributed by atoms with Gasteiger partial charge in [-0.05, 0) is 6.42 Å². The number of hydrogen-bond acceptors (Lipinski definition) is 12. The van der Waals surface area contributed by atoms with Crippen LogP contribution in [0.15, 0.2) is 0 Å². The number of carbonyl (C=O) groups is 1. The van der Waals surface area contributed by atoms with E-state index in [9.17, 15) is 40.5 Å². The van der Waals surface area contributed by atoms with Gasteiger partial charge < -0.3 is 54.7 Å². The van der Waals surface area contributed by atoms with Gasteiger partial charge in [0.25, 0.3) is 0 Å². The summed E-state index contributed by atoms with van der Waals surface area (Å²) >= 11 is 0. The first-order valence-corrected chi connectivity index (χ1v) is 15.0. The fraction of sp³-hybridized carbons (Fsp3) is 0.964. The van der Waals surface area contributed by atoms with Gasteiger partial charge >= 0.3 is 5.97 Å². The Morgan fingerprint density at radius 2 is 1.27 bits per heavy atom. The standard InChI is InChI=1S/C28H52O12/c1-2-3-4-5-6-7-8-9-10-11-12-13-14-15-21(31)37-17-20-23(33)26(36)28(18-30,39-20)40-27-25(35)24(34)22(32)19(16-29)38-27/h19-20,22-27,29-30,32-36H,2-18H2,1H3/t19-,20+,22+,23-,24+,25+,26-,27+,28+/m0/s1. The van der Waals surface area contributed by atoms with Crippen molar-refractivity contribution < 1.29 is 59.5 Å². The summed E-state index contributed by atoms with van der Waals surface area (Å²) in [6.45, 7) is 0.129. The quantitative estimate of drug-likeness (QED) is 0.0785. The lowest BCUT2D eigenvalue weighted by atomic mass is 9.99. The molecule has 0 unspecified atom stereocenters. The minimum absolute atomic E-state index is 0.204. The Balaban J connectivity index is 1.65. The second-order valence-corrected chi connectivity index (χ2v) is 11.1. The highest BCUT2D eigenvalue weighted by Gasteiger charge is 2.58. The lowest BCUT2D eigenvalue weighted by Gasteiger charge is -2.43. The summed E-state index contributed by atoms with van der Waals surface area (Å²) in [5.41, 5.74) is 0. The molecule has 0 spiro atoms. The van der Waals surface area contributed by atoms with Crippen LogP contribution in [0.5, 0.6) is 0 Å². The molecule has 2 rings (SSSR count). The third-order valence-electron chi connectivity index (χ3n) is 7.78. The molecule has 2 fully saturated rings. The molecule has 12 heteroatoms. The molecule has 9 atom stereocenters. The number of carbonyl (C=O) groups excluding carboxylic acids is 1. The molecule has 0 aromatic carbocycles. The number of ether oxygens (including phenoxy) is 4. The van der Waals surface area contributed by atoms with Gasteiger partial charge in [0.2, 0.25) is 5.79 Å². The molecule has 0 aliphatic carbocycles. The Labute approximate surface area is 237 Å². The molecule has 40 heavy (non-hydrogen) atoms. The monoisotopic (exact) mass is 580 g/mol. The molecule has 2 aliphatic rings. The molecular formula is C28H52O12. The fourth-order valence-corrected chi connectivity index (χ4v) is 5.15. The SMILES string of the molecule is CCCCCCCCCCCCCCCC(=O)OC[C@H]1O[C@](CO)(O[C@H]2O[C@@H](CO)[C@@H](O)[C@@H](O)[C@H]2O)[C@@H](O)[C@H]1O. The zero-order chi connectivity index (χ0) is 29.5. The van der Waals surface area contributed by atoms with Gasteiger partial charge in [-0.25, -0.2) is 0 Å². The highest BCUT2D eigenvalue weighted by atomic mass is 16.8. The minimum atomic E-state index is -2.28. The van der Waals surface area contributed by atoms with E-state index in [1.807, 2.05) is 0 Å². The maximum Gasteiger partial charge on any atom is 0.305 e. The van der Waals surface area contributed by atoms with E-state index in [1.165, 1.54) is 57.8 Å². The second kappa shape index (κ2) is 18.6. The lowest BCUT2D eigenvalue weighted by Crippen LogP contribution is -2.62. The molecule has 12 nitrogen and oxygen atoms in total. The Bertz CT molecular complexity index is 694. The number of unbranched alkanes of at least 4 members (excludes halogenated alkanes) is 12. The Kier molecular flexibility index (Phi) is 16.4. The molecule has 2 saturated heterocycles. The van der Waals surface area contributed by atoms with E-state index < -0.39 is 80.6 Å².